The summed E-state index contributed by atoms with van der Waals surface area (Å²) in [5.41, 5.74) is 0.575. The minimum atomic E-state index is -0.145. The van der Waals surface area contributed by atoms with Crippen LogP contribution in [-0.4, -0.2) is 42.7 Å². The molecule has 2 unspecified atom stereocenters. The molecule has 2 N–H and O–H groups in total. The normalized spacial score (nSPS) is 13.8. The van der Waals surface area contributed by atoms with E-state index in [-0.39, 0.29) is 24.5 Å². The van der Waals surface area contributed by atoms with Crippen LogP contribution in [-0.2, 0) is 0 Å². The smallest absolute Gasteiger partial charge is 0.251 e. The van der Waals surface area contributed by atoms with Crippen molar-refractivity contribution in [2.24, 2.45) is 5.92 Å². The average Bonchev–Trinajstić information content (AvgIpc) is 2.37. The van der Waals surface area contributed by atoms with Crippen LogP contribution in [0.2, 0.25) is 0 Å². The zero-order valence-electron chi connectivity index (χ0n) is 11.3. The van der Waals surface area contributed by atoms with Gasteiger partial charge in [-0.2, -0.15) is 0 Å². The first-order valence-corrected chi connectivity index (χ1v) is 6.00. The number of amides is 1. The van der Waals surface area contributed by atoms with E-state index >= 15 is 0 Å². The van der Waals surface area contributed by atoms with E-state index in [4.69, 9.17) is 5.11 Å². The number of aliphatic hydroxyl groups is 1. The fourth-order valence-corrected chi connectivity index (χ4v) is 1.39. The van der Waals surface area contributed by atoms with Gasteiger partial charge in [0.2, 0.25) is 0 Å². The first-order valence-electron chi connectivity index (χ1n) is 6.00. The van der Waals surface area contributed by atoms with Crippen molar-refractivity contribution in [1.29, 1.82) is 0 Å². The fourth-order valence-electron chi connectivity index (χ4n) is 1.39. The standard InChI is InChI=1S/C13H21N3O2/c1-9(8-17)10(2)15-13(18)11-5-6-14-12(7-11)16(3)4/h5-7,9-10,17H,8H2,1-4H3,(H,15,18). The molecule has 18 heavy (non-hydrogen) atoms. The molecule has 1 aromatic heterocycles. The lowest BCUT2D eigenvalue weighted by Gasteiger charge is -2.19. The van der Waals surface area contributed by atoms with Crippen LogP contribution in [0.25, 0.3) is 0 Å². The van der Waals surface area contributed by atoms with E-state index in [2.05, 4.69) is 10.3 Å². The van der Waals surface area contributed by atoms with Gasteiger partial charge in [-0.3, -0.25) is 4.79 Å². The van der Waals surface area contributed by atoms with Gasteiger partial charge in [0.15, 0.2) is 0 Å². The second kappa shape index (κ2) is 6.35. The summed E-state index contributed by atoms with van der Waals surface area (Å²) in [6, 6.07) is 3.35. The second-order valence-corrected chi connectivity index (χ2v) is 4.72. The topological polar surface area (TPSA) is 65.5 Å². The molecular formula is C13H21N3O2. The molecule has 0 radical (unpaired) electrons. The van der Waals surface area contributed by atoms with Gasteiger partial charge in [0.1, 0.15) is 5.82 Å². The Balaban J connectivity index is 2.75. The summed E-state index contributed by atoms with van der Waals surface area (Å²) in [5.74, 6) is 0.628. The van der Waals surface area contributed by atoms with Crippen molar-refractivity contribution in [3.63, 3.8) is 0 Å². The van der Waals surface area contributed by atoms with Crippen molar-refractivity contribution < 1.29 is 9.90 Å². The number of hydrogen-bond donors (Lipinski definition) is 2. The number of pyridine rings is 1. The maximum atomic E-state index is 12.0. The Hall–Kier alpha value is -1.62. The molecule has 0 fully saturated rings. The van der Waals surface area contributed by atoms with Crippen LogP contribution in [0, 0.1) is 5.92 Å². The van der Waals surface area contributed by atoms with Crippen LogP contribution in [0.4, 0.5) is 5.82 Å². The third-order valence-corrected chi connectivity index (χ3v) is 2.97. The number of anilines is 1. The molecule has 0 bridgehead atoms. The highest BCUT2D eigenvalue weighted by molar-refractivity contribution is 5.95. The lowest BCUT2D eigenvalue weighted by atomic mass is 10.0. The van der Waals surface area contributed by atoms with E-state index in [1.807, 2.05) is 32.8 Å². The van der Waals surface area contributed by atoms with Crippen molar-refractivity contribution in [2.45, 2.75) is 19.9 Å². The molecule has 0 aliphatic heterocycles. The van der Waals surface area contributed by atoms with Crippen LogP contribution < -0.4 is 10.2 Å². The number of aromatic nitrogens is 1. The Morgan fingerprint density at radius 2 is 2.17 bits per heavy atom. The average molecular weight is 251 g/mol. The van der Waals surface area contributed by atoms with Crippen molar-refractivity contribution in [1.82, 2.24) is 10.3 Å². The predicted octanol–water partition coefficient (Wildman–Crippen LogP) is 0.894. The summed E-state index contributed by atoms with van der Waals surface area (Å²) in [5, 5.41) is 11.9. The lowest BCUT2D eigenvalue weighted by Crippen LogP contribution is -2.38. The van der Waals surface area contributed by atoms with E-state index in [9.17, 15) is 4.79 Å². The molecule has 2 atom stereocenters. The summed E-state index contributed by atoms with van der Waals surface area (Å²) >= 11 is 0. The van der Waals surface area contributed by atoms with Crippen LogP contribution in [0.3, 0.4) is 0 Å². The van der Waals surface area contributed by atoms with E-state index in [0.717, 1.165) is 5.82 Å². The Bertz CT molecular complexity index is 407. The first kappa shape index (κ1) is 14.4. The molecule has 1 aromatic rings. The van der Waals surface area contributed by atoms with E-state index in [0.29, 0.717) is 5.56 Å². The fraction of sp³-hybridized carbons (Fsp3) is 0.538. The zero-order chi connectivity index (χ0) is 13.7. The summed E-state index contributed by atoms with van der Waals surface area (Å²) in [6.07, 6.45) is 1.62. The SMILES string of the molecule is CC(CO)C(C)NC(=O)c1ccnc(N(C)C)c1. The predicted molar refractivity (Wildman–Crippen MR) is 71.7 cm³/mol. The van der Waals surface area contributed by atoms with E-state index in [1.54, 1.807) is 18.3 Å². The molecule has 0 aliphatic rings. The number of aliphatic hydroxyl groups excluding tert-OH is 1. The lowest BCUT2D eigenvalue weighted by molar-refractivity contribution is 0.0916. The summed E-state index contributed by atoms with van der Waals surface area (Å²) < 4.78 is 0. The van der Waals surface area contributed by atoms with Gasteiger partial charge >= 0.3 is 0 Å². The summed E-state index contributed by atoms with van der Waals surface area (Å²) in [4.78, 5) is 18.0. The maximum Gasteiger partial charge on any atom is 0.251 e. The second-order valence-electron chi connectivity index (χ2n) is 4.72. The van der Waals surface area contributed by atoms with Gasteiger partial charge in [0.05, 0.1) is 0 Å². The highest BCUT2D eigenvalue weighted by atomic mass is 16.3. The molecule has 0 aromatic carbocycles. The Morgan fingerprint density at radius 1 is 1.50 bits per heavy atom. The van der Waals surface area contributed by atoms with Gasteiger partial charge in [0, 0.05) is 38.5 Å². The number of rotatable bonds is 5. The summed E-state index contributed by atoms with van der Waals surface area (Å²) in [6.45, 7) is 3.83. The third kappa shape index (κ3) is 3.70. The maximum absolute atomic E-state index is 12.0. The van der Waals surface area contributed by atoms with Crippen molar-refractivity contribution in [2.75, 3.05) is 25.6 Å². The third-order valence-electron chi connectivity index (χ3n) is 2.97. The first-order chi connectivity index (χ1) is 8.45. The molecule has 0 aliphatic carbocycles. The number of carbonyl (C=O) groups excluding carboxylic acids is 1. The highest BCUT2D eigenvalue weighted by Crippen LogP contribution is 2.10. The van der Waals surface area contributed by atoms with Gasteiger partial charge in [-0.15, -0.1) is 0 Å². The molecule has 1 amide bonds. The molecule has 1 rings (SSSR count). The Morgan fingerprint density at radius 3 is 2.72 bits per heavy atom. The van der Waals surface area contributed by atoms with Crippen molar-refractivity contribution in [3.05, 3.63) is 23.9 Å². The van der Waals surface area contributed by atoms with Crippen LogP contribution in [0.1, 0.15) is 24.2 Å². The molecule has 5 heteroatoms. The molecule has 0 saturated heterocycles. The molecule has 1 heterocycles. The summed E-state index contributed by atoms with van der Waals surface area (Å²) in [7, 11) is 3.75. The number of hydrogen-bond acceptors (Lipinski definition) is 4. The Labute approximate surface area is 108 Å². The van der Waals surface area contributed by atoms with Gasteiger partial charge in [-0.05, 0) is 25.0 Å². The molecular weight excluding hydrogens is 230 g/mol. The largest absolute Gasteiger partial charge is 0.396 e. The van der Waals surface area contributed by atoms with Crippen molar-refractivity contribution >= 4 is 11.7 Å². The molecule has 0 spiro atoms. The number of nitrogens with one attached hydrogen (secondary N) is 1. The minimum absolute atomic E-state index is 0.0316. The van der Waals surface area contributed by atoms with Gasteiger partial charge in [0.25, 0.3) is 5.91 Å². The quantitative estimate of drug-likeness (QED) is 0.816. The molecule has 5 nitrogen and oxygen atoms in total. The minimum Gasteiger partial charge on any atom is -0.396 e. The van der Waals surface area contributed by atoms with Gasteiger partial charge in [-0.25, -0.2) is 4.98 Å². The monoisotopic (exact) mass is 251 g/mol. The van der Waals surface area contributed by atoms with E-state index in [1.165, 1.54) is 0 Å². The number of carbonyl (C=O) groups is 1. The van der Waals surface area contributed by atoms with Gasteiger partial charge < -0.3 is 15.3 Å². The Kier molecular flexibility index (Phi) is 5.09. The van der Waals surface area contributed by atoms with Crippen LogP contribution in [0.15, 0.2) is 18.3 Å². The zero-order valence-corrected chi connectivity index (χ0v) is 11.3. The van der Waals surface area contributed by atoms with E-state index < -0.39 is 0 Å². The van der Waals surface area contributed by atoms with Crippen LogP contribution in [0.5, 0.6) is 0 Å². The molecule has 0 saturated carbocycles. The van der Waals surface area contributed by atoms with Crippen molar-refractivity contribution in [3.8, 4) is 0 Å². The molecule has 100 valence electrons. The number of nitrogens with zero attached hydrogens (tertiary/aromatic N) is 2. The van der Waals surface area contributed by atoms with Gasteiger partial charge in [-0.1, -0.05) is 6.92 Å². The highest BCUT2D eigenvalue weighted by Gasteiger charge is 2.15. The van der Waals surface area contributed by atoms with Crippen LogP contribution >= 0.6 is 0 Å².